The van der Waals surface area contributed by atoms with E-state index in [1.165, 1.54) is 19.2 Å². The highest BCUT2D eigenvalue weighted by Gasteiger charge is 2.16. The van der Waals surface area contributed by atoms with Crippen molar-refractivity contribution in [2.75, 3.05) is 12.4 Å². The fraction of sp³-hybridized carbons (Fsp3) is 0.0667. The van der Waals surface area contributed by atoms with Gasteiger partial charge in [0.05, 0.1) is 15.5 Å². The minimum Gasteiger partial charge on any atom is -0.355 e. The third-order valence-electron chi connectivity index (χ3n) is 3.04. The van der Waals surface area contributed by atoms with Crippen molar-refractivity contribution >= 4 is 34.8 Å². The van der Waals surface area contributed by atoms with E-state index in [4.69, 9.17) is 11.6 Å². The average Bonchev–Trinajstić information content (AvgIpc) is 2.54. The first kappa shape index (κ1) is 16.4. The van der Waals surface area contributed by atoms with Gasteiger partial charge in [-0.1, -0.05) is 11.6 Å². The van der Waals surface area contributed by atoms with Crippen LogP contribution in [0.3, 0.4) is 0 Å². The summed E-state index contributed by atoms with van der Waals surface area (Å²) in [5, 5.41) is 15.9. The Labute approximate surface area is 136 Å². The van der Waals surface area contributed by atoms with E-state index >= 15 is 0 Å². The number of rotatable bonds is 4. The molecule has 0 aromatic heterocycles. The molecule has 7 nitrogen and oxygen atoms in total. The van der Waals surface area contributed by atoms with E-state index in [9.17, 15) is 19.7 Å². The maximum atomic E-state index is 12.2. The van der Waals surface area contributed by atoms with Gasteiger partial charge in [-0.25, -0.2) is 0 Å². The van der Waals surface area contributed by atoms with Gasteiger partial charge in [0.1, 0.15) is 0 Å². The van der Waals surface area contributed by atoms with E-state index in [-0.39, 0.29) is 22.2 Å². The Balaban J connectivity index is 2.20. The number of anilines is 1. The van der Waals surface area contributed by atoms with Crippen molar-refractivity contribution in [3.8, 4) is 0 Å². The lowest BCUT2D eigenvalue weighted by atomic mass is 10.1. The van der Waals surface area contributed by atoms with E-state index in [0.717, 1.165) is 6.07 Å². The number of nitro groups is 1. The SMILES string of the molecule is CNC(=O)c1ccc(NC(=O)c2cc([N+](=O)[O-])ccc2Cl)cc1. The van der Waals surface area contributed by atoms with Gasteiger partial charge in [-0.05, 0) is 30.3 Å². The number of non-ortho nitro benzene ring substituents is 1. The van der Waals surface area contributed by atoms with Crippen molar-refractivity contribution in [1.82, 2.24) is 5.32 Å². The molecule has 0 heterocycles. The molecule has 118 valence electrons. The van der Waals surface area contributed by atoms with Gasteiger partial charge >= 0.3 is 0 Å². The Bertz CT molecular complexity index is 775. The summed E-state index contributed by atoms with van der Waals surface area (Å²) in [5.74, 6) is -0.823. The van der Waals surface area contributed by atoms with Crippen LogP contribution in [-0.4, -0.2) is 23.8 Å². The molecular formula is C15H12ClN3O4. The summed E-state index contributed by atoms with van der Waals surface area (Å²) in [5.41, 5.74) is 0.648. The van der Waals surface area contributed by atoms with Gasteiger partial charge in [0.2, 0.25) is 0 Å². The van der Waals surface area contributed by atoms with Crippen LogP contribution in [0.25, 0.3) is 0 Å². The molecule has 0 radical (unpaired) electrons. The van der Waals surface area contributed by atoms with Crippen LogP contribution < -0.4 is 10.6 Å². The molecule has 0 saturated heterocycles. The fourth-order valence-corrected chi connectivity index (χ4v) is 2.05. The third kappa shape index (κ3) is 3.83. The van der Waals surface area contributed by atoms with Gasteiger partial charge < -0.3 is 10.6 Å². The minimum atomic E-state index is -0.606. The summed E-state index contributed by atoms with van der Waals surface area (Å²) >= 11 is 5.91. The molecule has 2 aromatic carbocycles. The lowest BCUT2D eigenvalue weighted by Gasteiger charge is -2.07. The van der Waals surface area contributed by atoms with Crippen LogP contribution in [0.5, 0.6) is 0 Å². The number of hydrogen-bond donors (Lipinski definition) is 2. The molecule has 0 aliphatic rings. The number of hydrogen-bond acceptors (Lipinski definition) is 4. The number of carbonyl (C=O) groups is 2. The second kappa shape index (κ2) is 6.89. The highest BCUT2D eigenvalue weighted by atomic mass is 35.5. The van der Waals surface area contributed by atoms with Gasteiger partial charge in [0.25, 0.3) is 17.5 Å². The van der Waals surface area contributed by atoms with Gasteiger partial charge in [-0.15, -0.1) is 0 Å². The Morgan fingerprint density at radius 2 is 1.74 bits per heavy atom. The lowest BCUT2D eigenvalue weighted by molar-refractivity contribution is -0.384. The number of nitrogens with one attached hydrogen (secondary N) is 2. The van der Waals surface area contributed by atoms with Crippen molar-refractivity contribution in [2.45, 2.75) is 0 Å². The molecule has 0 aliphatic heterocycles. The van der Waals surface area contributed by atoms with Crippen LogP contribution in [0.1, 0.15) is 20.7 Å². The molecule has 0 fully saturated rings. The van der Waals surface area contributed by atoms with Crippen molar-refractivity contribution in [1.29, 1.82) is 0 Å². The molecule has 2 aromatic rings. The molecule has 2 amide bonds. The van der Waals surface area contributed by atoms with Crippen LogP contribution in [0.4, 0.5) is 11.4 Å². The zero-order valence-electron chi connectivity index (χ0n) is 12.0. The fourth-order valence-electron chi connectivity index (χ4n) is 1.85. The Morgan fingerprint density at radius 3 is 2.30 bits per heavy atom. The average molecular weight is 334 g/mol. The highest BCUT2D eigenvalue weighted by molar-refractivity contribution is 6.34. The summed E-state index contributed by atoms with van der Waals surface area (Å²) in [7, 11) is 1.52. The van der Waals surface area contributed by atoms with Crippen molar-refractivity contribution in [3.05, 3.63) is 68.7 Å². The molecule has 2 N–H and O–H groups in total. The second-order valence-corrected chi connectivity index (χ2v) is 4.94. The molecule has 0 unspecified atom stereocenters. The molecule has 0 aliphatic carbocycles. The summed E-state index contributed by atoms with van der Waals surface area (Å²) in [6.45, 7) is 0. The van der Waals surface area contributed by atoms with E-state index in [2.05, 4.69) is 10.6 Å². The van der Waals surface area contributed by atoms with Gasteiger partial charge in [0.15, 0.2) is 0 Å². The van der Waals surface area contributed by atoms with E-state index in [1.54, 1.807) is 24.3 Å². The van der Waals surface area contributed by atoms with Crippen LogP contribution in [0.2, 0.25) is 5.02 Å². The van der Waals surface area contributed by atoms with Crippen molar-refractivity contribution in [2.24, 2.45) is 0 Å². The largest absolute Gasteiger partial charge is 0.355 e. The van der Waals surface area contributed by atoms with Gasteiger partial charge in [-0.3, -0.25) is 19.7 Å². The zero-order valence-corrected chi connectivity index (χ0v) is 12.8. The number of amides is 2. The summed E-state index contributed by atoms with van der Waals surface area (Å²) < 4.78 is 0. The predicted octanol–water partition coefficient (Wildman–Crippen LogP) is 2.86. The molecule has 0 spiro atoms. The number of nitrogens with zero attached hydrogens (tertiary/aromatic N) is 1. The third-order valence-corrected chi connectivity index (χ3v) is 3.37. The molecule has 8 heteroatoms. The Kier molecular flexibility index (Phi) is 4.92. The molecule has 0 saturated carbocycles. The molecular weight excluding hydrogens is 322 g/mol. The van der Waals surface area contributed by atoms with Gasteiger partial charge in [0, 0.05) is 30.4 Å². The molecule has 2 rings (SSSR count). The maximum Gasteiger partial charge on any atom is 0.270 e. The predicted molar refractivity (Wildman–Crippen MR) is 85.9 cm³/mol. The summed E-state index contributed by atoms with van der Waals surface area (Å²) in [6.07, 6.45) is 0. The lowest BCUT2D eigenvalue weighted by Crippen LogP contribution is -2.18. The molecule has 0 bridgehead atoms. The van der Waals surface area contributed by atoms with Crippen molar-refractivity contribution < 1.29 is 14.5 Å². The summed E-state index contributed by atoms with van der Waals surface area (Å²) in [6, 6.07) is 9.81. The van der Waals surface area contributed by atoms with Crippen molar-refractivity contribution in [3.63, 3.8) is 0 Å². The Hall–Kier alpha value is -2.93. The maximum absolute atomic E-state index is 12.2. The minimum absolute atomic E-state index is 0.00348. The zero-order chi connectivity index (χ0) is 17.0. The van der Waals surface area contributed by atoms with E-state index in [0.29, 0.717) is 11.3 Å². The Morgan fingerprint density at radius 1 is 1.09 bits per heavy atom. The van der Waals surface area contributed by atoms with Crippen LogP contribution in [0, 0.1) is 10.1 Å². The number of benzene rings is 2. The first-order chi connectivity index (χ1) is 10.9. The molecule has 23 heavy (non-hydrogen) atoms. The van der Waals surface area contributed by atoms with Gasteiger partial charge in [-0.2, -0.15) is 0 Å². The normalized spacial score (nSPS) is 10.0. The smallest absolute Gasteiger partial charge is 0.270 e. The first-order valence-electron chi connectivity index (χ1n) is 6.50. The van der Waals surface area contributed by atoms with E-state index < -0.39 is 10.8 Å². The highest BCUT2D eigenvalue weighted by Crippen LogP contribution is 2.23. The van der Waals surface area contributed by atoms with Crippen LogP contribution >= 0.6 is 11.6 Å². The standard InChI is InChI=1S/C15H12ClN3O4/c1-17-14(20)9-2-4-10(5-3-9)18-15(21)12-8-11(19(22)23)6-7-13(12)16/h2-8H,1H3,(H,17,20)(H,18,21). The van der Waals surface area contributed by atoms with Crippen LogP contribution in [-0.2, 0) is 0 Å². The molecule has 0 atom stereocenters. The number of halogens is 1. The monoisotopic (exact) mass is 333 g/mol. The number of carbonyl (C=O) groups excluding carboxylic acids is 2. The second-order valence-electron chi connectivity index (χ2n) is 4.53. The quantitative estimate of drug-likeness (QED) is 0.663. The van der Waals surface area contributed by atoms with Crippen LogP contribution in [0.15, 0.2) is 42.5 Å². The number of nitro benzene ring substituents is 1. The first-order valence-corrected chi connectivity index (χ1v) is 6.87. The van der Waals surface area contributed by atoms with E-state index in [1.807, 2.05) is 0 Å². The topological polar surface area (TPSA) is 101 Å². The summed E-state index contributed by atoms with van der Waals surface area (Å²) in [4.78, 5) is 33.8.